The van der Waals surface area contributed by atoms with Gasteiger partial charge in [-0.25, -0.2) is 0 Å². The minimum Gasteiger partial charge on any atom is -0.304 e. The monoisotopic (exact) mass is 377 g/mol. The molecule has 1 aromatic heterocycles. The van der Waals surface area contributed by atoms with Crippen LogP contribution in [0.25, 0.3) is 16.3 Å². The average molecular weight is 377 g/mol. The molecule has 0 aliphatic carbocycles. The predicted octanol–water partition coefficient (Wildman–Crippen LogP) is 3.69. The number of thiazole rings is 1. The maximum absolute atomic E-state index is 12.3. The zero-order valence-corrected chi connectivity index (χ0v) is 15.3. The van der Waals surface area contributed by atoms with Gasteiger partial charge in [0.05, 0.1) is 21.7 Å². The van der Waals surface area contributed by atoms with E-state index in [-0.39, 0.29) is 5.69 Å². The average Bonchev–Trinajstić information content (AvgIpc) is 2.99. The Balaban J connectivity index is 1.93. The molecule has 3 aromatic rings. The fourth-order valence-corrected chi connectivity index (χ4v) is 3.75. The molecule has 134 valence electrons. The maximum atomic E-state index is 12.3. The molecule has 1 amide bonds. The normalized spacial score (nSPS) is 11.8. The zero-order valence-electron chi connectivity index (χ0n) is 14.5. The van der Waals surface area contributed by atoms with Gasteiger partial charge >= 0.3 is 0 Å². The number of non-ortho nitro benzene ring substituents is 1. The van der Waals surface area contributed by atoms with Gasteiger partial charge in [-0.3, -0.25) is 14.9 Å². The predicted molar refractivity (Wildman–Crippen MR) is 106 cm³/mol. The minimum atomic E-state index is -0.471. The van der Waals surface area contributed by atoms with E-state index < -0.39 is 10.8 Å². The number of terminal acetylenes is 1. The van der Waals surface area contributed by atoms with Crippen molar-refractivity contribution in [1.29, 1.82) is 0 Å². The molecule has 3 rings (SSSR count). The van der Waals surface area contributed by atoms with E-state index in [4.69, 9.17) is 6.42 Å². The lowest BCUT2D eigenvalue weighted by Gasteiger charge is -2.02. The number of nitro benzene ring substituents is 1. The second-order valence-electron chi connectivity index (χ2n) is 5.73. The number of rotatable bonds is 4. The lowest BCUT2D eigenvalue weighted by molar-refractivity contribution is -0.384. The first-order valence-corrected chi connectivity index (χ1v) is 8.85. The first-order valence-electron chi connectivity index (χ1n) is 8.03. The summed E-state index contributed by atoms with van der Waals surface area (Å²) in [5, 5.41) is 10.7. The van der Waals surface area contributed by atoms with Gasteiger partial charge in [-0.1, -0.05) is 29.4 Å². The molecule has 0 aliphatic rings. The number of carbonyl (C=O) groups excluding carboxylic acids is 1. The highest BCUT2D eigenvalue weighted by Crippen LogP contribution is 2.20. The van der Waals surface area contributed by atoms with Crippen LogP contribution in [-0.4, -0.2) is 15.4 Å². The number of fused-ring (bicyclic) bond motifs is 1. The molecule has 27 heavy (non-hydrogen) atoms. The Morgan fingerprint density at radius 1 is 1.33 bits per heavy atom. The number of para-hydroxylation sites is 1. The summed E-state index contributed by atoms with van der Waals surface area (Å²) < 4.78 is 2.86. The van der Waals surface area contributed by atoms with E-state index in [1.54, 1.807) is 18.2 Å². The number of carbonyl (C=O) groups is 1. The Bertz CT molecular complexity index is 1160. The van der Waals surface area contributed by atoms with Gasteiger partial charge < -0.3 is 4.57 Å². The summed E-state index contributed by atoms with van der Waals surface area (Å²) in [6.07, 6.45) is 8.38. The Hall–Kier alpha value is -3.50. The highest BCUT2D eigenvalue weighted by molar-refractivity contribution is 7.16. The van der Waals surface area contributed by atoms with Gasteiger partial charge in [0.15, 0.2) is 4.80 Å². The SMILES string of the molecule is C#CCn1c(=NC(=O)C=Cc2ccc([N+](=O)[O-])cc2)sc2cccc(C)c21. The number of aromatic nitrogens is 1. The van der Waals surface area contributed by atoms with Gasteiger partial charge in [-0.15, -0.1) is 6.42 Å². The first kappa shape index (κ1) is 18.3. The van der Waals surface area contributed by atoms with Crippen molar-refractivity contribution in [2.45, 2.75) is 13.5 Å². The molecule has 0 saturated carbocycles. The summed E-state index contributed by atoms with van der Waals surface area (Å²) in [6, 6.07) is 11.8. The number of benzene rings is 2. The van der Waals surface area contributed by atoms with Crippen LogP contribution in [-0.2, 0) is 11.3 Å². The van der Waals surface area contributed by atoms with E-state index in [1.807, 2.05) is 29.7 Å². The fraction of sp³-hybridized carbons (Fsp3) is 0.100. The number of nitrogens with zero attached hydrogens (tertiary/aromatic N) is 3. The van der Waals surface area contributed by atoms with Gasteiger partial charge in [0.25, 0.3) is 11.6 Å². The number of hydrogen-bond acceptors (Lipinski definition) is 4. The van der Waals surface area contributed by atoms with Gasteiger partial charge in [-0.05, 0) is 42.3 Å². The molecular formula is C20H15N3O3S. The lowest BCUT2D eigenvalue weighted by atomic mass is 10.2. The van der Waals surface area contributed by atoms with Crippen molar-refractivity contribution >= 4 is 39.2 Å². The van der Waals surface area contributed by atoms with E-state index in [0.29, 0.717) is 16.9 Å². The molecule has 0 N–H and O–H groups in total. The van der Waals surface area contributed by atoms with E-state index in [2.05, 4.69) is 10.9 Å². The van der Waals surface area contributed by atoms with Crippen molar-refractivity contribution in [3.8, 4) is 12.3 Å². The molecule has 0 unspecified atom stereocenters. The van der Waals surface area contributed by atoms with Gasteiger partial charge in [0, 0.05) is 18.2 Å². The molecule has 1 heterocycles. The molecule has 0 radical (unpaired) electrons. The summed E-state index contributed by atoms with van der Waals surface area (Å²) in [5.41, 5.74) is 2.72. The van der Waals surface area contributed by atoms with Crippen LogP contribution < -0.4 is 4.80 Å². The van der Waals surface area contributed by atoms with E-state index in [0.717, 1.165) is 15.8 Å². The van der Waals surface area contributed by atoms with Crippen molar-refractivity contribution in [2.24, 2.45) is 4.99 Å². The largest absolute Gasteiger partial charge is 0.304 e. The molecular weight excluding hydrogens is 362 g/mol. The van der Waals surface area contributed by atoms with Gasteiger partial charge in [0.1, 0.15) is 0 Å². The topological polar surface area (TPSA) is 77.5 Å². The minimum absolute atomic E-state index is 0.000800. The molecule has 0 fully saturated rings. The van der Waals surface area contributed by atoms with Crippen molar-refractivity contribution in [3.05, 3.63) is 74.6 Å². The van der Waals surface area contributed by atoms with Crippen molar-refractivity contribution in [2.75, 3.05) is 0 Å². The summed E-state index contributed by atoms with van der Waals surface area (Å²) in [7, 11) is 0. The second kappa shape index (κ2) is 7.81. The summed E-state index contributed by atoms with van der Waals surface area (Å²) in [6.45, 7) is 2.31. The van der Waals surface area contributed by atoms with Crippen molar-refractivity contribution in [3.63, 3.8) is 0 Å². The summed E-state index contributed by atoms with van der Waals surface area (Å²) in [5.74, 6) is 2.17. The van der Waals surface area contributed by atoms with Crippen LogP contribution in [0.2, 0.25) is 0 Å². The lowest BCUT2D eigenvalue weighted by Crippen LogP contribution is -2.16. The van der Waals surface area contributed by atoms with E-state index >= 15 is 0 Å². The summed E-state index contributed by atoms with van der Waals surface area (Å²) in [4.78, 5) is 27.2. The third-order valence-electron chi connectivity index (χ3n) is 3.88. The molecule has 7 heteroatoms. The first-order chi connectivity index (χ1) is 13.0. The van der Waals surface area contributed by atoms with Crippen LogP contribution in [0.15, 0.2) is 53.5 Å². The van der Waals surface area contributed by atoms with Crippen molar-refractivity contribution in [1.82, 2.24) is 4.57 Å². The molecule has 0 bridgehead atoms. The quantitative estimate of drug-likeness (QED) is 0.301. The fourth-order valence-electron chi connectivity index (χ4n) is 2.64. The highest BCUT2D eigenvalue weighted by atomic mass is 32.1. The number of hydrogen-bond donors (Lipinski definition) is 0. The van der Waals surface area contributed by atoms with E-state index in [9.17, 15) is 14.9 Å². The molecule has 0 spiro atoms. The van der Waals surface area contributed by atoms with Gasteiger partial charge in [-0.2, -0.15) is 4.99 Å². The number of nitro groups is 1. The van der Waals surface area contributed by atoms with Crippen LogP contribution in [0.3, 0.4) is 0 Å². The van der Waals surface area contributed by atoms with Crippen LogP contribution >= 0.6 is 11.3 Å². The van der Waals surface area contributed by atoms with Crippen LogP contribution in [0.1, 0.15) is 11.1 Å². The summed E-state index contributed by atoms with van der Waals surface area (Å²) >= 11 is 1.40. The zero-order chi connectivity index (χ0) is 19.4. The molecule has 0 saturated heterocycles. The third-order valence-corrected chi connectivity index (χ3v) is 4.92. The highest BCUT2D eigenvalue weighted by Gasteiger charge is 2.08. The van der Waals surface area contributed by atoms with Crippen molar-refractivity contribution < 1.29 is 9.72 Å². The van der Waals surface area contributed by atoms with E-state index in [1.165, 1.54) is 29.5 Å². The third kappa shape index (κ3) is 4.02. The van der Waals surface area contributed by atoms with Gasteiger partial charge in [0.2, 0.25) is 0 Å². The number of amides is 1. The molecule has 2 aromatic carbocycles. The Morgan fingerprint density at radius 2 is 2.07 bits per heavy atom. The standard InChI is InChI=1S/C20H15N3O3S/c1-3-13-22-19-14(2)5-4-6-17(19)27-20(22)21-18(24)12-9-15-7-10-16(11-8-15)23(25)26/h1,4-12H,13H2,2H3. The van der Waals surface area contributed by atoms with Crippen LogP contribution in [0, 0.1) is 29.4 Å². The Kier molecular flexibility index (Phi) is 5.29. The Labute approximate surface area is 159 Å². The second-order valence-corrected chi connectivity index (χ2v) is 6.74. The number of aryl methyl sites for hydroxylation is 1. The molecule has 6 nitrogen and oxygen atoms in total. The van der Waals surface area contributed by atoms with Crippen LogP contribution in [0.4, 0.5) is 5.69 Å². The molecule has 0 aliphatic heterocycles. The molecule has 0 atom stereocenters. The smallest absolute Gasteiger partial charge is 0.272 e. The maximum Gasteiger partial charge on any atom is 0.272 e. The van der Waals surface area contributed by atoms with Crippen LogP contribution in [0.5, 0.6) is 0 Å². The Morgan fingerprint density at radius 3 is 2.74 bits per heavy atom.